The lowest BCUT2D eigenvalue weighted by Gasteiger charge is -2.12. The molecule has 2 aromatic rings. The molecule has 0 atom stereocenters. The minimum atomic E-state index is -1.71. The molecule has 0 aromatic heterocycles. The van der Waals surface area contributed by atoms with Crippen LogP contribution >= 0.6 is 11.6 Å². The van der Waals surface area contributed by atoms with Crippen LogP contribution in [-0.2, 0) is 4.79 Å². The number of halogens is 4. The Morgan fingerprint density at radius 2 is 1.78 bits per heavy atom. The molecule has 6 nitrogen and oxygen atoms in total. The predicted octanol–water partition coefficient (Wildman–Crippen LogP) is 3.14. The predicted molar refractivity (Wildman–Crippen MR) is 91.8 cm³/mol. The van der Waals surface area contributed by atoms with E-state index >= 15 is 0 Å². The lowest BCUT2D eigenvalue weighted by Crippen LogP contribution is -2.33. The van der Waals surface area contributed by atoms with Crippen LogP contribution in [0.5, 0.6) is 11.5 Å². The molecule has 2 N–H and O–H groups in total. The van der Waals surface area contributed by atoms with Gasteiger partial charge in [0.2, 0.25) is 5.91 Å². The van der Waals surface area contributed by atoms with Crippen molar-refractivity contribution in [2.24, 2.45) is 0 Å². The van der Waals surface area contributed by atoms with E-state index in [0.29, 0.717) is 6.07 Å². The first-order chi connectivity index (χ1) is 12.8. The van der Waals surface area contributed by atoms with Gasteiger partial charge in [0, 0.05) is 5.56 Å². The molecule has 0 saturated heterocycles. The highest BCUT2D eigenvalue weighted by atomic mass is 35.5. The highest BCUT2D eigenvalue weighted by Gasteiger charge is 2.18. The maximum absolute atomic E-state index is 13.5. The summed E-state index contributed by atoms with van der Waals surface area (Å²) >= 11 is 6.00. The van der Waals surface area contributed by atoms with E-state index in [4.69, 9.17) is 21.1 Å². The highest BCUT2D eigenvalue weighted by molar-refractivity contribution is 6.32. The first kappa shape index (κ1) is 20.4. The van der Waals surface area contributed by atoms with E-state index in [0.717, 1.165) is 6.07 Å². The molecule has 0 heterocycles. The molecule has 0 bridgehead atoms. The maximum Gasteiger partial charge on any atom is 0.251 e. The first-order valence-corrected chi connectivity index (χ1v) is 7.79. The molecule has 0 aliphatic carbocycles. The summed E-state index contributed by atoms with van der Waals surface area (Å²) in [6.45, 7) is -0.552. The van der Waals surface area contributed by atoms with Gasteiger partial charge in [0.05, 0.1) is 31.5 Å². The van der Waals surface area contributed by atoms with Gasteiger partial charge in [-0.05, 0) is 24.3 Å². The van der Waals surface area contributed by atoms with Gasteiger partial charge in [-0.3, -0.25) is 9.59 Å². The van der Waals surface area contributed by atoms with E-state index in [2.05, 4.69) is 5.32 Å². The van der Waals surface area contributed by atoms with Gasteiger partial charge < -0.3 is 20.1 Å². The second-order valence-electron chi connectivity index (χ2n) is 5.15. The molecule has 10 heteroatoms. The van der Waals surface area contributed by atoms with Gasteiger partial charge in [-0.25, -0.2) is 13.2 Å². The van der Waals surface area contributed by atoms with Crippen LogP contribution in [0.15, 0.2) is 24.3 Å². The van der Waals surface area contributed by atoms with Gasteiger partial charge in [0.15, 0.2) is 29.0 Å². The number of amides is 2. The molecule has 0 unspecified atom stereocenters. The van der Waals surface area contributed by atoms with Gasteiger partial charge in [-0.2, -0.15) is 0 Å². The van der Waals surface area contributed by atoms with Crippen molar-refractivity contribution in [1.82, 2.24) is 5.32 Å². The van der Waals surface area contributed by atoms with Crippen molar-refractivity contribution in [3.05, 3.63) is 52.3 Å². The number of hydrogen-bond donors (Lipinski definition) is 2. The van der Waals surface area contributed by atoms with Crippen LogP contribution in [0.1, 0.15) is 10.4 Å². The minimum Gasteiger partial charge on any atom is -0.493 e. The number of carbonyl (C=O) groups is 2. The maximum atomic E-state index is 13.5. The number of nitrogens with one attached hydrogen (secondary N) is 2. The third-order valence-electron chi connectivity index (χ3n) is 3.41. The summed E-state index contributed by atoms with van der Waals surface area (Å²) in [5.74, 6) is -5.70. The minimum absolute atomic E-state index is 0.0875. The summed E-state index contributed by atoms with van der Waals surface area (Å²) in [4.78, 5) is 24.0. The third-order valence-corrected chi connectivity index (χ3v) is 3.70. The summed E-state index contributed by atoms with van der Waals surface area (Å²) in [7, 11) is 2.74. The largest absolute Gasteiger partial charge is 0.493 e. The SMILES string of the molecule is COc1cc(C(=O)NCC(=O)Nc2ccc(F)c(F)c2F)cc(Cl)c1OC. The zero-order valence-electron chi connectivity index (χ0n) is 14.2. The van der Waals surface area contributed by atoms with E-state index in [1.54, 1.807) is 0 Å². The second-order valence-corrected chi connectivity index (χ2v) is 5.55. The Morgan fingerprint density at radius 3 is 2.41 bits per heavy atom. The molecule has 0 fully saturated rings. The molecule has 0 aliphatic rings. The van der Waals surface area contributed by atoms with Crippen LogP contribution < -0.4 is 20.1 Å². The molecule has 2 rings (SSSR count). The fraction of sp³-hybridized carbons (Fsp3) is 0.176. The summed E-state index contributed by atoms with van der Waals surface area (Å²) in [5, 5.41) is 4.44. The Kier molecular flexibility index (Phi) is 6.51. The highest BCUT2D eigenvalue weighted by Crippen LogP contribution is 2.35. The molecule has 144 valence electrons. The van der Waals surface area contributed by atoms with Crippen molar-refractivity contribution >= 4 is 29.1 Å². The third kappa shape index (κ3) is 4.62. The summed E-state index contributed by atoms with van der Waals surface area (Å²) in [6, 6.07) is 4.19. The average Bonchev–Trinajstić information content (AvgIpc) is 2.65. The van der Waals surface area contributed by atoms with E-state index < -0.39 is 41.5 Å². The van der Waals surface area contributed by atoms with E-state index in [1.165, 1.54) is 26.4 Å². The molecule has 2 amide bonds. The Bertz CT molecular complexity index is 893. The summed E-state index contributed by atoms with van der Waals surface area (Å²) < 4.78 is 49.7. The van der Waals surface area contributed by atoms with Crippen molar-refractivity contribution in [2.45, 2.75) is 0 Å². The van der Waals surface area contributed by atoms with Gasteiger partial charge in [-0.15, -0.1) is 0 Å². The monoisotopic (exact) mass is 402 g/mol. The Hall–Kier alpha value is -2.94. The molecular weight excluding hydrogens is 389 g/mol. The number of anilines is 1. The molecule has 2 aromatic carbocycles. The van der Waals surface area contributed by atoms with Crippen molar-refractivity contribution in [2.75, 3.05) is 26.1 Å². The lowest BCUT2D eigenvalue weighted by atomic mass is 10.2. The van der Waals surface area contributed by atoms with E-state index in [1.807, 2.05) is 5.32 Å². The van der Waals surface area contributed by atoms with Crippen LogP contribution in [0.2, 0.25) is 5.02 Å². The smallest absolute Gasteiger partial charge is 0.251 e. The Balaban J connectivity index is 2.04. The molecule has 0 saturated carbocycles. The molecular formula is C17H14ClF3N2O4. The topological polar surface area (TPSA) is 76.7 Å². The van der Waals surface area contributed by atoms with Crippen LogP contribution in [0, 0.1) is 17.5 Å². The average molecular weight is 403 g/mol. The number of ether oxygens (including phenoxy) is 2. The van der Waals surface area contributed by atoms with Gasteiger partial charge in [0.1, 0.15) is 0 Å². The standard InChI is InChI=1S/C17H14ClF3N2O4/c1-26-12-6-8(5-9(18)16(12)27-2)17(25)22-7-13(24)23-11-4-3-10(19)14(20)15(11)21/h3-6H,7H2,1-2H3,(H,22,25)(H,23,24). The van der Waals surface area contributed by atoms with Crippen LogP contribution in [0.25, 0.3) is 0 Å². The second kappa shape index (κ2) is 8.63. The normalized spacial score (nSPS) is 10.3. The number of benzene rings is 2. The lowest BCUT2D eigenvalue weighted by molar-refractivity contribution is -0.115. The summed E-state index contributed by atoms with van der Waals surface area (Å²) in [5.41, 5.74) is -0.466. The molecule has 0 spiro atoms. The van der Waals surface area contributed by atoms with Crippen LogP contribution in [0.3, 0.4) is 0 Å². The Labute approximate surface area is 157 Å². The molecule has 0 aliphatic heterocycles. The quantitative estimate of drug-likeness (QED) is 0.728. The van der Waals surface area contributed by atoms with Crippen molar-refractivity contribution in [3.8, 4) is 11.5 Å². The number of carbonyl (C=O) groups excluding carboxylic acids is 2. The van der Waals surface area contributed by atoms with E-state index in [9.17, 15) is 22.8 Å². The van der Waals surface area contributed by atoms with Gasteiger partial charge >= 0.3 is 0 Å². The van der Waals surface area contributed by atoms with Crippen molar-refractivity contribution in [1.29, 1.82) is 0 Å². The Morgan fingerprint density at radius 1 is 1.07 bits per heavy atom. The number of methoxy groups -OCH3 is 2. The fourth-order valence-corrected chi connectivity index (χ4v) is 2.42. The number of hydrogen-bond acceptors (Lipinski definition) is 4. The zero-order valence-corrected chi connectivity index (χ0v) is 14.9. The number of rotatable bonds is 6. The first-order valence-electron chi connectivity index (χ1n) is 7.41. The summed E-state index contributed by atoms with van der Waals surface area (Å²) in [6.07, 6.45) is 0. The fourth-order valence-electron chi connectivity index (χ4n) is 2.13. The van der Waals surface area contributed by atoms with Gasteiger partial charge in [0.25, 0.3) is 5.91 Å². The van der Waals surface area contributed by atoms with Crippen molar-refractivity contribution in [3.63, 3.8) is 0 Å². The van der Waals surface area contributed by atoms with Gasteiger partial charge in [-0.1, -0.05) is 11.6 Å². The van der Waals surface area contributed by atoms with Crippen LogP contribution in [0.4, 0.5) is 18.9 Å². The molecule has 27 heavy (non-hydrogen) atoms. The molecule has 0 radical (unpaired) electrons. The van der Waals surface area contributed by atoms with Crippen LogP contribution in [-0.4, -0.2) is 32.6 Å². The van der Waals surface area contributed by atoms with Crippen molar-refractivity contribution < 1.29 is 32.2 Å². The zero-order chi connectivity index (χ0) is 20.1. The van der Waals surface area contributed by atoms with E-state index in [-0.39, 0.29) is 22.1 Å².